The lowest BCUT2D eigenvalue weighted by atomic mass is 10.0. The largest absolute Gasteiger partial charge is 0.380 e. The summed E-state index contributed by atoms with van der Waals surface area (Å²) >= 11 is 3.45. The van der Waals surface area contributed by atoms with Crippen LogP contribution in [-0.4, -0.2) is 13.7 Å². The van der Waals surface area contributed by atoms with E-state index in [-0.39, 0.29) is 0 Å². The summed E-state index contributed by atoms with van der Waals surface area (Å²) in [5.41, 5.74) is 3.46. The summed E-state index contributed by atoms with van der Waals surface area (Å²) < 4.78 is 5.04. The second kappa shape index (κ2) is 5.20. The molecule has 0 aliphatic heterocycles. The van der Waals surface area contributed by atoms with E-state index in [0.29, 0.717) is 6.61 Å². The van der Waals surface area contributed by atoms with Gasteiger partial charge in [-0.2, -0.15) is 0 Å². The van der Waals surface area contributed by atoms with Crippen LogP contribution >= 0.6 is 15.9 Å². The first-order valence-electron chi connectivity index (χ1n) is 4.10. The Morgan fingerprint density at radius 1 is 1.46 bits per heavy atom. The van der Waals surface area contributed by atoms with Crippen LogP contribution in [0, 0.1) is 0 Å². The van der Waals surface area contributed by atoms with Crippen molar-refractivity contribution in [2.24, 2.45) is 0 Å². The smallest absolute Gasteiger partial charge is 0.0713 e. The van der Waals surface area contributed by atoms with Crippen LogP contribution < -0.4 is 0 Å². The van der Waals surface area contributed by atoms with Gasteiger partial charge in [0.05, 0.1) is 6.61 Å². The molecule has 0 spiro atoms. The number of benzene rings is 1. The molecule has 1 rings (SSSR count). The van der Waals surface area contributed by atoms with Crippen molar-refractivity contribution >= 4 is 21.5 Å². The Balaban J connectivity index is 2.92. The summed E-state index contributed by atoms with van der Waals surface area (Å²) in [6.45, 7) is 4.56. The Morgan fingerprint density at radius 3 is 2.77 bits per heavy atom. The van der Waals surface area contributed by atoms with E-state index in [1.54, 1.807) is 7.11 Å². The number of ether oxygens (including phenoxy) is 1. The van der Waals surface area contributed by atoms with E-state index in [2.05, 4.69) is 34.6 Å². The lowest BCUT2D eigenvalue weighted by Crippen LogP contribution is -1.95. The van der Waals surface area contributed by atoms with Gasteiger partial charge < -0.3 is 4.74 Å². The van der Waals surface area contributed by atoms with E-state index in [1.807, 2.05) is 12.1 Å². The van der Waals surface area contributed by atoms with Crippen molar-refractivity contribution < 1.29 is 4.74 Å². The maximum atomic E-state index is 5.04. The van der Waals surface area contributed by atoms with Crippen LogP contribution in [0.5, 0.6) is 0 Å². The highest BCUT2D eigenvalue weighted by Gasteiger charge is 2.03. The predicted molar refractivity (Wildman–Crippen MR) is 60.0 cm³/mol. The Morgan fingerprint density at radius 2 is 2.15 bits per heavy atom. The number of hydrogen-bond donors (Lipinski definition) is 0. The normalized spacial score (nSPS) is 10.0. The molecule has 0 saturated heterocycles. The minimum atomic E-state index is 0.587. The Hall–Kier alpha value is -0.600. The Bertz CT molecular complexity index is 294. The minimum absolute atomic E-state index is 0.587. The molecule has 0 atom stereocenters. The molecule has 13 heavy (non-hydrogen) atoms. The van der Waals surface area contributed by atoms with Crippen molar-refractivity contribution in [2.75, 3.05) is 13.7 Å². The fourth-order valence-corrected chi connectivity index (χ4v) is 1.72. The van der Waals surface area contributed by atoms with Gasteiger partial charge in [0.1, 0.15) is 0 Å². The summed E-state index contributed by atoms with van der Waals surface area (Å²) in [7, 11) is 1.68. The predicted octanol–water partition coefficient (Wildman–Crippen LogP) is 3.24. The molecule has 2 heteroatoms. The van der Waals surface area contributed by atoms with E-state index in [1.165, 1.54) is 11.1 Å². The van der Waals surface area contributed by atoms with Crippen LogP contribution in [0.3, 0.4) is 0 Å². The molecule has 1 nitrogen and oxygen atoms in total. The third-order valence-electron chi connectivity index (χ3n) is 1.86. The highest BCUT2D eigenvalue weighted by molar-refractivity contribution is 9.08. The number of rotatable bonds is 4. The third kappa shape index (κ3) is 2.68. The molecule has 0 heterocycles. The van der Waals surface area contributed by atoms with E-state index in [0.717, 1.165) is 10.9 Å². The van der Waals surface area contributed by atoms with Gasteiger partial charge in [0.2, 0.25) is 0 Å². The number of methoxy groups -OCH3 is 1. The quantitative estimate of drug-likeness (QED) is 0.735. The molecule has 0 radical (unpaired) electrons. The molecule has 0 aliphatic carbocycles. The van der Waals surface area contributed by atoms with Crippen LogP contribution in [0.15, 0.2) is 30.8 Å². The Kier molecular flexibility index (Phi) is 4.19. The second-order valence-electron chi connectivity index (χ2n) is 2.83. The first kappa shape index (κ1) is 10.5. The first-order valence-corrected chi connectivity index (χ1v) is 5.22. The summed E-state index contributed by atoms with van der Waals surface area (Å²) in [6, 6.07) is 8.20. The van der Waals surface area contributed by atoms with Crippen molar-refractivity contribution in [3.05, 3.63) is 42.0 Å². The third-order valence-corrected chi connectivity index (χ3v) is 2.46. The molecule has 0 aliphatic rings. The molecular weight excluding hydrogens is 228 g/mol. The van der Waals surface area contributed by atoms with Gasteiger partial charge in [-0.25, -0.2) is 0 Å². The molecule has 0 N–H and O–H groups in total. The number of hydrogen-bond acceptors (Lipinski definition) is 1. The highest BCUT2D eigenvalue weighted by Crippen LogP contribution is 2.19. The van der Waals surface area contributed by atoms with E-state index >= 15 is 0 Å². The van der Waals surface area contributed by atoms with Crippen LogP contribution in [0.2, 0.25) is 0 Å². The first-order chi connectivity index (χ1) is 6.29. The van der Waals surface area contributed by atoms with Crippen molar-refractivity contribution in [1.82, 2.24) is 0 Å². The van der Waals surface area contributed by atoms with Gasteiger partial charge in [-0.3, -0.25) is 0 Å². The lowest BCUT2D eigenvalue weighted by molar-refractivity contribution is 0.240. The van der Waals surface area contributed by atoms with E-state index < -0.39 is 0 Å². The summed E-state index contributed by atoms with van der Waals surface area (Å²) in [5.74, 6) is 0. The summed E-state index contributed by atoms with van der Waals surface area (Å²) in [4.78, 5) is 0. The molecule has 70 valence electrons. The van der Waals surface area contributed by atoms with Crippen molar-refractivity contribution in [2.45, 2.75) is 5.33 Å². The van der Waals surface area contributed by atoms with Crippen molar-refractivity contribution in [3.8, 4) is 0 Å². The number of halogens is 1. The molecule has 0 amide bonds. The standard InChI is InChI=1S/C11H13BrO/c1-9(8-13-2)11-6-4-3-5-10(11)7-12/h3-6H,1,7-8H2,2H3. The van der Waals surface area contributed by atoms with Gasteiger partial charge in [-0.1, -0.05) is 46.8 Å². The lowest BCUT2D eigenvalue weighted by Gasteiger charge is -2.08. The molecule has 0 saturated carbocycles. The zero-order valence-electron chi connectivity index (χ0n) is 7.72. The average Bonchev–Trinajstić information content (AvgIpc) is 2.18. The molecule has 0 fully saturated rings. The summed E-state index contributed by atoms with van der Waals surface area (Å²) in [6.07, 6.45) is 0. The molecule has 0 aromatic heterocycles. The van der Waals surface area contributed by atoms with Gasteiger partial charge >= 0.3 is 0 Å². The average molecular weight is 241 g/mol. The number of alkyl halides is 1. The van der Waals surface area contributed by atoms with Gasteiger partial charge in [-0.05, 0) is 16.7 Å². The molecular formula is C11H13BrO. The van der Waals surface area contributed by atoms with Gasteiger partial charge in [0, 0.05) is 12.4 Å². The Labute approximate surface area is 87.5 Å². The highest BCUT2D eigenvalue weighted by atomic mass is 79.9. The molecule has 1 aromatic carbocycles. The second-order valence-corrected chi connectivity index (χ2v) is 3.39. The van der Waals surface area contributed by atoms with E-state index in [4.69, 9.17) is 4.74 Å². The van der Waals surface area contributed by atoms with Crippen molar-refractivity contribution in [1.29, 1.82) is 0 Å². The molecule has 0 bridgehead atoms. The van der Waals surface area contributed by atoms with E-state index in [9.17, 15) is 0 Å². The molecule has 1 aromatic rings. The van der Waals surface area contributed by atoms with Gasteiger partial charge in [0.25, 0.3) is 0 Å². The van der Waals surface area contributed by atoms with Crippen LogP contribution in [0.1, 0.15) is 11.1 Å². The monoisotopic (exact) mass is 240 g/mol. The minimum Gasteiger partial charge on any atom is -0.380 e. The van der Waals surface area contributed by atoms with Crippen LogP contribution in [0.25, 0.3) is 5.57 Å². The maximum absolute atomic E-state index is 5.04. The zero-order valence-corrected chi connectivity index (χ0v) is 9.30. The van der Waals surface area contributed by atoms with Crippen LogP contribution in [-0.2, 0) is 10.1 Å². The van der Waals surface area contributed by atoms with Gasteiger partial charge in [0.15, 0.2) is 0 Å². The fourth-order valence-electron chi connectivity index (χ4n) is 1.23. The maximum Gasteiger partial charge on any atom is 0.0713 e. The topological polar surface area (TPSA) is 9.23 Å². The van der Waals surface area contributed by atoms with Gasteiger partial charge in [-0.15, -0.1) is 0 Å². The zero-order chi connectivity index (χ0) is 9.68. The molecule has 0 unspecified atom stereocenters. The van der Waals surface area contributed by atoms with Crippen molar-refractivity contribution in [3.63, 3.8) is 0 Å². The SMILES string of the molecule is C=C(COC)c1ccccc1CBr. The summed E-state index contributed by atoms with van der Waals surface area (Å²) in [5, 5.41) is 0.853. The van der Waals surface area contributed by atoms with Crippen LogP contribution in [0.4, 0.5) is 0 Å². The fraction of sp³-hybridized carbons (Fsp3) is 0.273.